The number of anilines is 2. The summed E-state index contributed by atoms with van der Waals surface area (Å²) < 4.78 is 5.14. The van der Waals surface area contributed by atoms with Crippen LogP contribution in [0.5, 0.6) is 0 Å². The number of hydrogen-bond donors (Lipinski definition) is 3. The van der Waals surface area contributed by atoms with Crippen molar-refractivity contribution in [2.75, 3.05) is 44.6 Å². The third-order valence-electron chi connectivity index (χ3n) is 5.40. The Morgan fingerprint density at radius 3 is 1.41 bits per heavy atom. The van der Waals surface area contributed by atoms with Gasteiger partial charge in [0.15, 0.2) is 0 Å². The lowest BCUT2D eigenvalue weighted by Crippen LogP contribution is -2.38. The molecular formula is C28H50N2O7. The number of ether oxygens (including phenoxy) is 1. The van der Waals surface area contributed by atoms with Gasteiger partial charge in [-0.25, -0.2) is 0 Å². The van der Waals surface area contributed by atoms with Crippen LogP contribution in [0.15, 0.2) is 24.3 Å². The maximum absolute atomic E-state index is 11.3. The first-order valence-corrected chi connectivity index (χ1v) is 12.6. The third-order valence-corrected chi connectivity index (χ3v) is 5.40. The summed E-state index contributed by atoms with van der Waals surface area (Å²) in [6.45, 7) is 11.6. The van der Waals surface area contributed by atoms with Gasteiger partial charge in [0.05, 0.1) is 18.6 Å². The Morgan fingerprint density at radius 1 is 0.811 bits per heavy atom. The first-order valence-electron chi connectivity index (χ1n) is 12.6. The number of nitrogens with zero attached hydrogens (tertiary/aromatic N) is 2. The summed E-state index contributed by atoms with van der Waals surface area (Å²) in [5.74, 6) is -1.90. The van der Waals surface area contributed by atoms with Gasteiger partial charge in [0, 0.05) is 57.8 Å². The number of aliphatic carboxylic acids is 2. The predicted molar refractivity (Wildman–Crippen MR) is 149 cm³/mol. The molecule has 0 aliphatic rings. The van der Waals surface area contributed by atoms with Crippen molar-refractivity contribution in [1.29, 1.82) is 0 Å². The highest BCUT2D eigenvalue weighted by atomic mass is 16.5. The van der Waals surface area contributed by atoms with Crippen LogP contribution >= 0.6 is 0 Å². The van der Waals surface area contributed by atoms with Gasteiger partial charge in [-0.3, -0.25) is 14.4 Å². The highest BCUT2D eigenvalue weighted by Gasteiger charge is 2.31. The summed E-state index contributed by atoms with van der Waals surface area (Å²) in [4.78, 5) is 35.3. The lowest BCUT2D eigenvalue weighted by molar-refractivity contribution is -0.153. The Balaban J connectivity index is 0. The number of esters is 1. The van der Waals surface area contributed by atoms with E-state index in [0.717, 1.165) is 0 Å². The second-order valence-corrected chi connectivity index (χ2v) is 10.7. The predicted octanol–water partition coefficient (Wildman–Crippen LogP) is 4.76. The zero-order chi connectivity index (χ0) is 29.3. The molecule has 0 aliphatic carbocycles. The third kappa shape index (κ3) is 18.1. The van der Waals surface area contributed by atoms with Gasteiger partial charge in [0.25, 0.3) is 0 Å². The van der Waals surface area contributed by atoms with Crippen molar-refractivity contribution in [3.05, 3.63) is 24.3 Å². The van der Waals surface area contributed by atoms with Crippen LogP contribution in [0.4, 0.5) is 11.4 Å². The highest BCUT2D eigenvalue weighted by Crippen LogP contribution is 2.26. The molecule has 1 rings (SSSR count). The van der Waals surface area contributed by atoms with E-state index >= 15 is 0 Å². The van der Waals surface area contributed by atoms with Crippen LogP contribution in [0, 0.1) is 17.3 Å². The van der Waals surface area contributed by atoms with Gasteiger partial charge in [0.2, 0.25) is 0 Å². The number of unbranched alkanes of at least 4 members (excludes halogenated alkanes) is 1. The number of benzene rings is 1. The molecule has 9 heteroatoms. The number of aliphatic hydroxyl groups excluding tert-OH is 1. The Kier molecular flexibility index (Phi) is 18.1. The fourth-order valence-electron chi connectivity index (χ4n) is 3.01. The SMILES string of the molecule is CC(C)C(=O)OCC(C)(C)C(O)C(C)C.CN(C)c1ccc(N(C)C)cc1.O=C(O)CCCCC(=O)O. The molecule has 214 valence electrons. The summed E-state index contributed by atoms with van der Waals surface area (Å²) in [6.07, 6.45) is 0.557. The van der Waals surface area contributed by atoms with Crippen molar-refractivity contribution in [3.8, 4) is 0 Å². The van der Waals surface area contributed by atoms with Gasteiger partial charge >= 0.3 is 17.9 Å². The van der Waals surface area contributed by atoms with Crippen LogP contribution in [0.1, 0.15) is 67.2 Å². The van der Waals surface area contributed by atoms with Crippen LogP contribution in [0.3, 0.4) is 0 Å². The molecular weight excluding hydrogens is 476 g/mol. The topological polar surface area (TPSA) is 128 Å². The van der Waals surface area contributed by atoms with E-state index < -0.39 is 23.5 Å². The number of carboxylic acids is 2. The molecule has 0 saturated heterocycles. The quantitative estimate of drug-likeness (QED) is 0.261. The van der Waals surface area contributed by atoms with E-state index in [-0.39, 0.29) is 37.3 Å². The molecule has 1 aromatic rings. The lowest BCUT2D eigenvalue weighted by Gasteiger charge is -2.32. The van der Waals surface area contributed by atoms with E-state index in [0.29, 0.717) is 12.8 Å². The number of aliphatic hydroxyl groups is 1. The smallest absolute Gasteiger partial charge is 0.308 e. The maximum Gasteiger partial charge on any atom is 0.308 e. The molecule has 0 aliphatic heterocycles. The summed E-state index contributed by atoms with van der Waals surface area (Å²) in [7, 11) is 8.19. The second-order valence-electron chi connectivity index (χ2n) is 10.7. The van der Waals surface area contributed by atoms with E-state index in [4.69, 9.17) is 14.9 Å². The zero-order valence-corrected chi connectivity index (χ0v) is 24.4. The fourth-order valence-corrected chi connectivity index (χ4v) is 3.01. The number of carbonyl (C=O) groups excluding carboxylic acids is 1. The molecule has 1 unspecified atom stereocenters. The number of hydrogen-bond acceptors (Lipinski definition) is 7. The fraction of sp³-hybridized carbons (Fsp3) is 0.679. The molecule has 1 aromatic carbocycles. The van der Waals surface area contributed by atoms with E-state index in [1.165, 1.54) is 11.4 Å². The van der Waals surface area contributed by atoms with Gasteiger partial charge in [-0.15, -0.1) is 0 Å². The molecule has 0 bridgehead atoms. The molecule has 0 heterocycles. The zero-order valence-electron chi connectivity index (χ0n) is 24.4. The molecule has 0 fully saturated rings. The monoisotopic (exact) mass is 526 g/mol. The van der Waals surface area contributed by atoms with Crippen molar-refractivity contribution >= 4 is 29.3 Å². The van der Waals surface area contributed by atoms with Crippen molar-refractivity contribution in [2.45, 2.75) is 73.3 Å². The summed E-state index contributed by atoms with van der Waals surface area (Å²) >= 11 is 0. The molecule has 0 amide bonds. The summed E-state index contributed by atoms with van der Waals surface area (Å²) in [6, 6.07) is 8.48. The lowest BCUT2D eigenvalue weighted by atomic mass is 9.81. The van der Waals surface area contributed by atoms with Gasteiger partial charge in [-0.05, 0) is 43.0 Å². The van der Waals surface area contributed by atoms with Gasteiger partial charge in [0.1, 0.15) is 0 Å². The first kappa shape index (κ1) is 36.3. The van der Waals surface area contributed by atoms with Crippen LogP contribution in [-0.4, -0.2) is 74.1 Å². The Hall–Kier alpha value is -2.81. The van der Waals surface area contributed by atoms with E-state index in [1.54, 1.807) is 13.8 Å². The summed E-state index contributed by atoms with van der Waals surface area (Å²) in [5.41, 5.74) is 2.08. The molecule has 0 aromatic heterocycles. The molecule has 37 heavy (non-hydrogen) atoms. The minimum atomic E-state index is -0.870. The van der Waals surface area contributed by atoms with Crippen molar-refractivity contribution in [3.63, 3.8) is 0 Å². The molecule has 9 nitrogen and oxygen atoms in total. The van der Waals surface area contributed by atoms with Gasteiger partial charge in [-0.1, -0.05) is 41.5 Å². The van der Waals surface area contributed by atoms with Gasteiger partial charge in [-0.2, -0.15) is 0 Å². The molecule has 0 radical (unpaired) electrons. The van der Waals surface area contributed by atoms with Crippen LogP contribution in [0.25, 0.3) is 0 Å². The second kappa shape index (κ2) is 18.4. The van der Waals surface area contributed by atoms with Crippen LogP contribution in [-0.2, 0) is 19.1 Å². The number of carbonyl (C=O) groups is 3. The highest BCUT2D eigenvalue weighted by molar-refractivity contribution is 5.71. The molecule has 0 spiro atoms. The normalized spacial score (nSPS) is 11.5. The molecule has 0 saturated carbocycles. The molecule has 1 atom stereocenters. The van der Waals surface area contributed by atoms with Crippen LogP contribution in [0.2, 0.25) is 0 Å². The van der Waals surface area contributed by atoms with Gasteiger partial charge < -0.3 is 29.9 Å². The molecule has 3 N–H and O–H groups in total. The number of carboxylic acid groups (broad SMARTS) is 2. The summed E-state index contributed by atoms with van der Waals surface area (Å²) in [5, 5.41) is 26.2. The van der Waals surface area contributed by atoms with E-state index in [2.05, 4.69) is 34.1 Å². The Labute approximate surface area is 223 Å². The maximum atomic E-state index is 11.3. The van der Waals surface area contributed by atoms with E-state index in [9.17, 15) is 19.5 Å². The number of rotatable bonds is 12. The van der Waals surface area contributed by atoms with Crippen molar-refractivity contribution in [1.82, 2.24) is 0 Å². The van der Waals surface area contributed by atoms with E-state index in [1.807, 2.05) is 55.9 Å². The largest absolute Gasteiger partial charge is 0.481 e. The average molecular weight is 527 g/mol. The van der Waals surface area contributed by atoms with Crippen LogP contribution < -0.4 is 9.80 Å². The average Bonchev–Trinajstić information content (AvgIpc) is 2.80. The Bertz CT molecular complexity index is 745. The minimum Gasteiger partial charge on any atom is -0.481 e. The Morgan fingerprint density at radius 2 is 1.16 bits per heavy atom. The van der Waals surface area contributed by atoms with Crippen molar-refractivity contribution < 1.29 is 34.4 Å². The standard InChI is InChI=1S/C12H24O3.C10H16N2.C6H10O4/c1-8(2)10(13)12(5,6)7-15-11(14)9(3)4;1-11(2)9-5-7-10(8-6-9)12(3)4;7-5(8)3-1-2-4-6(9)10/h8-10,13H,7H2,1-6H3;5-8H,1-4H3;1-4H2,(H,7,8)(H,9,10). The van der Waals surface area contributed by atoms with Crippen molar-refractivity contribution in [2.24, 2.45) is 17.3 Å². The minimum absolute atomic E-state index is 0.0628. The first-order chi connectivity index (χ1) is 16.9.